The van der Waals surface area contributed by atoms with Crippen molar-refractivity contribution in [1.29, 1.82) is 5.26 Å². The SMILES string of the molecule is CC(=O)SCC1CC(=O)N(c2c(C#N)cnn2C(C)(C)C)C1. The molecule has 1 fully saturated rings. The molecule has 6 nitrogen and oxygen atoms in total. The number of hydrogen-bond donors (Lipinski definition) is 0. The first-order valence-electron chi connectivity index (χ1n) is 7.16. The lowest BCUT2D eigenvalue weighted by Gasteiger charge is -2.26. The minimum absolute atomic E-state index is 0.0170. The van der Waals surface area contributed by atoms with Gasteiger partial charge in [0.05, 0.1) is 11.7 Å². The molecule has 0 aliphatic carbocycles. The fourth-order valence-corrected chi connectivity index (χ4v) is 3.20. The van der Waals surface area contributed by atoms with Crippen LogP contribution in [0.3, 0.4) is 0 Å². The molecule has 1 aliphatic heterocycles. The van der Waals surface area contributed by atoms with Crippen LogP contribution in [0.4, 0.5) is 5.82 Å². The van der Waals surface area contributed by atoms with E-state index in [0.717, 1.165) is 0 Å². The first-order chi connectivity index (χ1) is 10.2. The highest BCUT2D eigenvalue weighted by Gasteiger charge is 2.36. The summed E-state index contributed by atoms with van der Waals surface area (Å²) >= 11 is 1.24. The summed E-state index contributed by atoms with van der Waals surface area (Å²) in [4.78, 5) is 25.1. The maximum Gasteiger partial charge on any atom is 0.228 e. The van der Waals surface area contributed by atoms with E-state index < -0.39 is 0 Å². The summed E-state index contributed by atoms with van der Waals surface area (Å²) in [6.45, 7) is 7.99. The molecule has 1 aliphatic rings. The van der Waals surface area contributed by atoms with E-state index in [4.69, 9.17) is 0 Å². The molecule has 0 spiro atoms. The lowest BCUT2D eigenvalue weighted by Crippen LogP contribution is -2.33. The van der Waals surface area contributed by atoms with Crippen LogP contribution in [0.15, 0.2) is 6.20 Å². The van der Waals surface area contributed by atoms with E-state index >= 15 is 0 Å². The van der Waals surface area contributed by atoms with E-state index in [9.17, 15) is 14.9 Å². The van der Waals surface area contributed by atoms with E-state index in [1.807, 2.05) is 20.8 Å². The highest BCUT2D eigenvalue weighted by molar-refractivity contribution is 8.13. The molecular weight excluding hydrogens is 300 g/mol. The quantitative estimate of drug-likeness (QED) is 0.852. The number of carbonyl (C=O) groups excluding carboxylic acids is 2. The van der Waals surface area contributed by atoms with Crippen LogP contribution in [0, 0.1) is 17.2 Å². The molecule has 0 N–H and O–H groups in total. The van der Waals surface area contributed by atoms with Crippen LogP contribution in [0.2, 0.25) is 0 Å². The van der Waals surface area contributed by atoms with E-state index in [0.29, 0.717) is 30.1 Å². The van der Waals surface area contributed by atoms with Gasteiger partial charge < -0.3 is 0 Å². The van der Waals surface area contributed by atoms with Gasteiger partial charge in [0, 0.05) is 25.6 Å². The first-order valence-corrected chi connectivity index (χ1v) is 8.15. The maximum atomic E-state index is 12.4. The van der Waals surface area contributed by atoms with Crippen molar-refractivity contribution in [2.45, 2.75) is 39.7 Å². The Morgan fingerprint density at radius 3 is 2.77 bits per heavy atom. The van der Waals surface area contributed by atoms with Gasteiger partial charge >= 0.3 is 0 Å². The third kappa shape index (κ3) is 3.33. The number of anilines is 1. The fourth-order valence-electron chi connectivity index (χ4n) is 2.50. The van der Waals surface area contributed by atoms with Gasteiger partial charge in [-0.3, -0.25) is 14.5 Å². The molecule has 0 radical (unpaired) electrons. The third-order valence-electron chi connectivity index (χ3n) is 3.48. The zero-order chi connectivity index (χ0) is 16.5. The Hall–Kier alpha value is -1.81. The maximum absolute atomic E-state index is 12.4. The van der Waals surface area contributed by atoms with Gasteiger partial charge in [-0.25, -0.2) is 4.68 Å². The number of nitriles is 1. The monoisotopic (exact) mass is 320 g/mol. The molecule has 1 aromatic heterocycles. The number of nitrogens with zero attached hydrogens (tertiary/aromatic N) is 4. The summed E-state index contributed by atoms with van der Waals surface area (Å²) < 4.78 is 1.73. The first kappa shape index (κ1) is 16.6. The van der Waals surface area contributed by atoms with Gasteiger partial charge in [0.1, 0.15) is 11.6 Å². The van der Waals surface area contributed by atoms with Crippen molar-refractivity contribution in [3.63, 3.8) is 0 Å². The Morgan fingerprint density at radius 1 is 1.55 bits per heavy atom. The lowest BCUT2D eigenvalue weighted by molar-refractivity contribution is -0.117. The molecule has 118 valence electrons. The number of amides is 1. The Labute approximate surface area is 134 Å². The van der Waals surface area contributed by atoms with Crippen molar-refractivity contribution in [3.8, 4) is 6.07 Å². The highest BCUT2D eigenvalue weighted by Crippen LogP contribution is 2.32. The number of hydrogen-bond acceptors (Lipinski definition) is 5. The second-order valence-corrected chi connectivity index (χ2v) is 7.65. The van der Waals surface area contributed by atoms with Gasteiger partial charge in [0.25, 0.3) is 0 Å². The van der Waals surface area contributed by atoms with Crippen LogP contribution in [-0.4, -0.2) is 33.1 Å². The van der Waals surface area contributed by atoms with Crippen molar-refractivity contribution in [3.05, 3.63) is 11.8 Å². The van der Waals surface area contributed by atoms with Gasteiger partial charge in [-0.1, -0.05) is 11.8 Å². The molecule has 1 atom stereocenters. The molecule has 0 aromatic carbocycles. The average Bonchev–Trinajstić information content (AvgIpc) is 2.98. The number of aromatic nitrogens is 2. The summed E-state index contributed by atoms with van der Waals surface area (Å²) in [6.07, 6.45) is 1.91. The Bertz CT molecular complexity index is 639. The highest BCUT2D eigenvalue weighted by atomic mass is 32.2. The molecule has 7 heteroatoms. The predicted octanol–water partition coefficient (Wildman–Crippen LogP) is 2.14. The minimum Gasteiger partial charge on any atom is -0.296 e. The molecule has 1 aromatic rings. The predicted molar refractivity (Wildman–Crippen MR) is 85.5 cm³/mol. The van der Waals surface area contributed by atoms with Gasteiger partial charge in [-0.2, -0.15) is 10.4 Å². The summed E-state index contributed by atoms with van der Waals surface area (Å²) in [6, 6.07) is 2.11. The van der Waals surface area contributed by atoms with E-state index in [2.05, 4.69) is 11.2 Å². The zero-order valence-corrected chi connectivity index (χ0v) is 14.1. The molecule has 0 saturated carbocycles. The van der Waals surface area contributed by atoms with Gasteiger partial charge in [-0.15, -0.1) is 0 Å². The average molecular weight is 320 g/mol. The largest absolute Gasteiger partial charge is 0.296 e. The topological polar surface area (TPSA) is 79.0 Å². The summed E-state index contributed by atoms with van der Waals surface area (Å²) in [7, 11) is 0. The normalized spacial score (nSPS) is 18.6. The van der Waals surface area contributed by atoms with Crippen LogP contribution in [-0.2, 0) is 15.1 Å². The van der Waals surface area contributed by atoms with Gasteiger partial charge in [0.15, 0.2) is 10.9 Å². The third-order valence-corrected chi connectivity index (χ3v) is 4.53. The summed E-state index contributed by atoms with van der Waals surface area (Å²) in [5.41, 5.74) is 0.0832. The Balaban J connectivity index is 2.29. The van der Waals surface area contributed by atoms with E-state index in [1.54, 1.807) is 9.58 Å². The van der Waals surface area contributed by atoms with Crippen LogP contribution in [0.25, 0.3) is 0 Å². The van der Waals surface area contributed by atoms with Crippen LogP contribution in [0.5, 0.6) is 0 Å². The van der Waals surface area contributed by atoms with E-state index in [-0.39, 0.29) is 22.5 Å². The smallest absolute Gasteiger partial charge is 0.228 e. The lowest BCUT2D eigenvalue weighted by atomic mass is 10.1. The van der Waals surface area contributed by atoms with Crippen LogP contribution < -0.4 is 4.90 Å². The van der Waals surface area contributed by atoms with Crippen LogP contribution in [0.1, 0.15) is 39.7 Å². The molecule has 1 unspecified atom stereocenters. The zero-order valence-electron chi connectivity index (χ0n) is 13.3. The second kappa shape index (κ2) is 6.13. The summed E-state index contributed by atoms with van der Waals surface area (Å²) in [5.74, 6) is 1.30. The molecule has 1 amide bonds. The van der Waals surface area contributed by atoms with Gasteiger partial charge in [0.2, 0.25) is 5.91 Å². The Kier molecular flexibility index (Phi) is 4.61. The van der Waals surface area contributed by atoms with Crippen molar-refractivity contribution in [2.75, 3.05) is 17.2 Å². The number of carbonyl (C=O) groups is 2. The molecule has 2 heterocycles. The van der Waals surface area contributed by atoms with Crippen LogP contribution >= 0.6 is 11.8 Å². The number of thioether (sulfide) groups is 1. The van der Waals surface area contributed by atoms with Crippen molar-refractivity contribution < 1.29 is 9.59 Å². The van der Waals surface area contributed by atoms with E-state index in [1.165, 1.54) is 24.9 Å². The number of rotatable bonds is 3. The van der Waals surface area contributed by atoms with Crippen molar-refractivity contribution in [2.24, 2.45) is 5.92 Å². The molecule has 1 saturated heterocycles. The van der Waals surface area contributed by atoms with Crippen molar-refractivity contribution in [1.82, 2.24) is 9.78 Å². The Morgan fingerprint density at radius 2 is 2.23 bits per heavy atom. The minimum atomic E-state index is -0.322. The standard InChI is InChI=1S/C15H20N4O2S/c1-10(20)22-9-11-5-13(21)18(8-11)14-12(6-16)7-17-19(14)15(2,3)4/h7,11H,5,8-9H2,1-4H3. The van der Waals surface area contributed by atoms with Gasteiger partial charge in [-0.05, 0) is 26.7 Å². The molecule has 0 bridgehead atoms. The fraction of sp³-hybridized carbons (Fsp3) is 0.600. The summed E-state index contributed by atoms with van der Waals surface area (Å²) in [5, 5.41) is 13.6. The molecule has 2 rings (SSSR count). The molecule has 22 heavy (non-hydrogen) atoms. The second-order valence-electron chi connectivity index (χ2n) is 6.45. The van der Waals surface area contributed by atoms with Crippen molar-refractivity contribution >= 4 is 28.6 Å². The molecular formula is C15H20N4O2S.